The van der Waals surface area contributed by atoms with Gasteiger partial charge in [0.25, 0.3) is 0 Å². The van der Waals surface area contributed by atoms with Crippen molar-refractivity contribution in [3.8, 4) is 5.75 Å². The number of ether oxygens (including phenoxy) is 1. The number of pyridine rings is 1. The molecule has 0 aliphatic carbocycles. The summed E-state index contributed by atoms with van der Waals surface area (Å²) in [6, 6.07) is 4.70. The van der Waals surface area contributed by atoms with Gasteiger partial charge < -0.3 is 15.4 Å². The Bertz CT molecular complexity index is 678. The van der Waals surface area contributed by atoms with Crippen molar-refractivity contribution in [1.82, 2.24) is 10.3 Å². The number of unbranched alkanes of at least 4 members (excludes halogenated alkanes) is 2. The molecule has 0 aliphatic heterocycles. The van der Waals surface area contributed by atoms with Crippen LogP contribution in [0.5, 0.6) is 5.75 Å². The van der Waals surface area contributed by atoms with Crippen molar-refractivity contribution in [3.63, 3.8) is 0 Å². The molecule has 1 aromatic carbocycles. The van der Waals surface area contributed by atoms with E-state index in [4.69, 9.17) is 4.74 Å². The number of rotatable bonds is 9. The Labute approximate surface area is 179 Å². The zero-order chi connectivity index (χ0) is 17.5. The molecule has 0 bridgehead atoms. The van der Waals surface area contributed by atoms with Crippen molar-refractivity contribution >= 4 is 50.6 Å². The van der Waals surface area contributed by atoms with Gasteiger partial charge in [-0.2, -0.15) is 0 Å². The highest BCUT2D eigenvalue weighted by Gasteiger charge is 2.09. The number of halogens is 2. The Balaban J connectivity index is 0.00000312. The van der Waals surface area contributed by atoms with Crippen LogP contribution in [0.3, 0.4) is 0 Å². The van der Waals surface area contributed by atoms with Crippen molar-refractivity contribution in [3.05, 3.63) is 29.5 Å². The highest BCUT2D eigenvalue weighted by molar-refractivity contribution is 8.93. The molecule has 148 valence electrons. The van der Waals surface area contributed by atoms with Gasteiger partial charge in [-0.3, -0.25) is 4.98 Å². The summed E-state index contributed by atoms with van der Waals surface area (Å²) in [6.45, 7) is 10.7. The largest absolute Gasteiger partial charge is 0.497 e. The molecule has 2 rings (SSSR count). The smallest absolute Gasteiger partial charge is 0.121 e. The van der Waals surface area contributed by atoms with Crippen molar-refractivity contribution < 1.29 is 4.74 Å². The Hall–Kier alpha value is -0.850. The maximum atomic E-state index is 5.46. The third-order valence-electron chi connectivity index (χ3n) is 4.42. The molecule has 1 heterocycles. The predicted molar refractivity (Wildman–Crippen MR) is 124 cm³/mol. The summed E-state index contributed by atoms with van der Waals surface area (Å²) in [4.78, 5) is 4.64. The molecule has 6 heteroatoms. The molecule has 2 aromatic rings. The Morgan fingerprint density at radius 2 is 1.73 bits per heavy atom. The van der Waals surface area contributed by atoms with E-state index >= 15 is 0 Å². The Kier molecular flexibility index (Phi) is 12.1. The van der Waals surface area contributed by atoms with E-state index in [1.54, 1.807) is 7.11 Å². The molecule has 0 saturated carbocycles. The first-order valence-corrected chi connectivity index (χ1v) is 8.94. The second kappa shape index (κ2) is 12.5. The summed E-state index contributed by atoms with van der Waals surface area (Å²) >= 11 is 0. The summed E-state index contributed by atoms with van der Waals surface area (Å²) < 4.78 is 5.46. The quantitative estimate of drug-likeness (QED) is 0.449. The average molecular weight is 491 g/mol. The number of aryl methyl sites for hydroxylation is 2. The molecule has 0 fully saturated rings. The van der Waals surface area contributed by atoms with Crippen LogP contribution in [-0.4, -0.2) is 31.2 Å². The normalized spacial score (nSPS) is 10.4. The van der Waals surface area contributed by atoms with E-state index in [-0.39, 0.29) is 34.0 Å². The van der Waals surface area contributed by atoms with Gasteiger partial charge in [-0.15, -0.1) is 34.0 Å². The minimum atomic E-state index is 0. The number of hydrogen-bond acceptors (Lipinski definition) is 4. The number of methoxy groups -OCH3 is 1. The molecule has 26 heavy (non-hydrogen) atoms. The average Bonchev–Trinajstić information content (AvgIpc) is 2.56. The van der Waals surface area contributed by atoms with Crippen molar-refractivity contribution in [1.29, 1.82) is 0 Å². The fourth-order valence-electron chi connectivity index (χ4n) is 2.80. The van der Waals surface area contributed by atoms with Crippen LogP contribution in [0.2, 0.25) is 0 Å². The summed E-state index contributed by atoms with van der Waals surface area (Å²) in [5, 5.41) is 8.17. The van der Waals surface area contributed by atoms with Gasteiger partial charge >= 0.3 is 0 Å². The lowest BCUT2D eigenvalue weighted by Gasteiger charge is -2.14. The molecule has 4 nitrogen and oxygen atoms in total. The monoisotopic (exact) mass is 489 g/mol. The second-order valence-corrected chi connectivity index (χ2v) is 6.73. The van der Waals surface area contributed by atoms with Gasteiger partial charge in [-0.25, -0.2) is 0 Å². The standard InChI is InChI=1S/C20H31N3O.2BrH/c1-14(2)21-9-7-6-8-10-22-19-12-17(24-5)11-18-16(4)15(3)13-23-20(18)19;;/h11-14,21-22H,6-10H2,1-5H3;2*1H. The molecule has 0 radical (unpaired) electrons. The van der Waals surface area contributed by atoms with Crippen LogP contribution in [-0.2, 0) is 0 Å². The zero-order valence-corrected chi connectivity index (χ0v) is 19.9. The summed E-state index contributed by atoms with van der Waals surface area (Å²) in [5.74, 6) is 0.877. The minimum absolute atomic E-state index is 0. The first-order valence-electron chi connectivity index (χ1n) is 8.94. The van der Waals surface area contributed by atoms with Gasteiger partial charge in [0.05, 0.1) is 18.3 Å². The van der Waals surface area contributed by atoms with Gasteiger partial charge in [0.2, 0.25) is 0 Å². The molecule has 0 amide bonds. The molecule has 0 saturated heterocycles. The number of nitrogens with one attached hydrogen (secondary N) is 2. The van der Waals surface area contributed by atoms with Crippen LogP contribution >= 0.6 is 34.0 Å². The van der Waals surface area contributed by atoms with E-state index in [1.165, 1.54) is 24.0 Å². The maximum absolute atomic E-state index is 5.46. The lowest BCUT2D eigenvalue weighted by molar-refractivity contribution is 0.415. The fourth-order valence-corrected chi connectivity index (χ4v) is 2.80. The summed E-state index contributed by atoms with van der Waals surface area (Å²) in [5.41, 5.74) is 4.56. The van der Waals surface area contributed by atoms with Crippen LogP contribution in [0.15, 0.2) is 18.3 Å². The van der Waals surface area contributed by atoms with Crippen molar-refractivity contribution in [2.24, 2.45) is 0 Å². The molecule has 1 aromatic heterocycles. The van der Waals surface area contributed by atoms with Crippen molar-refractivity contribution in [2.45, 2.75) is 53.0 Å². The molecule has 0 spiro atoms. The molecule has 2 N–H and O–H groups in total. The molecule has 0 unspecified atom stereocenters. The highest BCUT2D eigenvalue weighted by Crippen LogP contribution is 2.31. The Morgan fingerprint density at radius 3 is 2.38 bits per heavy atom. The number of hydrogen-bond donors (Lipinski definition) is 2. The van der Waals surface area contributed by atoms with Crippen LogP contribution in [0, 0.1) is 13.8 Å². The van der Waals surface area contributed by atoms with E-state index in [9.17, 15) is 0 Å². The molecular weight excluding hydrogens is 458 g/mol. The predicted octanol–water partition coefficient (Wildman–Crippen LogP) is 5.60. The SMILES string of the molecule is Br.Br.COc1cc(NCCCCCNC(C)C)c2ncc(C)c(C)c2c1. The maximum Gasteiger partial charge on any atom is 0.121 e. The topological polar surface area (TPSA) is 46.2 Å². The van der Waals surface area contributed by atoms with Crippen LogP contribution in [0.4, 0.5) is 5.69 Å². The van der Waals surface area contributed by atoms with E-state index < -0.39 is 0 Å². The van der Waals surface area contributed by atoms with Gasteiger partial charge in [-0.05, 0) is 50.4 Å². The number of nitrogens with zero attached hydrogens (tertiary/aromatic N) is 1. The lowest BCUT2D eigenvalue weighted by atomic mass is 10.0. The Morgan fingerprint density at radius 1 is 1.04 bits per heavy atom. The van der Waals surface area contributed by atoms with Gasteiger partial charge in [0.15, 0.2) is 0 Å². The van der Waals surface area contributed by atoms with E-state index in [0.717, 1.165) is 41.9 Å². The van der Waals surface area contributed by atoms with Crippen LogP contribution < -0.4 is 15.4 Å². The first-order chi connectivity index (χ1) is 11.5. The third-order valence-corrected chi connectivity index (χ3v) is 4.42. The van der Waals surface area contributed by atoms with Crippen molar-refractivity contribution in [2.75, 3.05) is 25.5 Å². The van der Waals surface area contributed by atoms with Gasteiger partial charge in [0, 0.05) is 30.2 Å². The summed E-state index contributed by atoms with van der Waals surface area (Å²) in [7, 11) is 1.71. The van der Waals surface area contributed by atoms with Crippen LogP contribution in [0.25, 0.3) is 10.9 Å². The number of anilines is 1. The van der Waals surface area contributed by atoms with Gasteiger partial charge in [-0.1, -0.05) is 20.3 Å². The third kappa shape index (κ3) is 7.05. The first kappa shape index (κ1) is 25.1. The number of fused-ring (bicyclic) bond motifs is 1. The van der Waals surface area contributed by atoms with Gasteiger partial charge in [0.1, 0.15) is 5.75 Å². The number of aromatic nitrogens is 1. The highest BCUT2D eigenvalue weighted by atomic mass is 79.9. The molecular formula is C20H33Br2N3O. The second-order valence-electron chi connectivity index (χ2n) is 6.73. The minimum Gasteiger partial charge on any atom is -0.497 e. The van der Waals surface area contributed by atoms with E-state index in [1.807, 2.05) is 12.3 Å². The number of benzene rings is 1. The molecule has 0 atom stereocenters. The van der Waals surface area contributed by atoms with Crippen LogP contribution in [0.1, 0.15) is 44.2 Å². The fraction of sp³-hybridized carbons (Fsp3) is 0.550. The summed E-state index contributed by atoms with van der Waals surface area (Å²) in [6.07, 6.45) is 5.55. The zero-order valence-electron chi connectivity index (χ0n) is 16.5. The van der Waals surface area contributed by atoms with E-state index in [0.29, 0.717) is 6.04 Å². The molecule has 0 aliphatic rings. The van der Waals surface area contributed by atoms with E-state index in [2.05, 4.69) is 49.4 Å². The lowest BCUT2D eigenvalue weighted by Crippen LogP contribution is -2.23.